The van der Waals surface area contributed by atoms with E-state index in [0.29, 0.717) is 5.56 Å². The summed E-state index contributed by atoms with van der Waals surface area (Å²) in [6.07, 6.45) is 0. The van der Waals surface area contributed by atoms with Crippen molar-refractivity contribution in [2.24, 2.45) is 0 Å². The molecule has 4 heteroatoms. The van der Waals surface area contributed by atoms with E-state index in [0.717, 1.165) is 9.26 Å². The molecule has 0 aliphatic rings. The normalized spacial score (nSPS) is 12.1. The molecule has 1 atom stereocenters. The maximum atomic E-state index is 9.81. The fourth-order valence-corrected chi connectivity index (χ4v) is 2.41. The highest BCUT2D eigenvalue weighted by atomic mass is 127. The Hall–Kier alpha value is -1.43. The fraction of sp³-hybridized carbons (Fsp3) is 0.143. The standard InChI is InChI=1S/C14H14INO2/c1-9(14-12(17)7-4-8-13(14)18)16-11-6-3-2-5-10(11)15/h2-9,16-18H,1H3. The molecule has 0 heterocycles. The number of benzene rings is 2. The Labute approximate surface area is 120 Å². The Kier molecular flexibility index (Phi) is 3.96. The molecule has 0 amide bonds. The number of aromatic hydroxyl groups is 2. The second-order valence-corrected chi connectivity index (χ2v) is 5.22. The topological polar surface area (TPSA) is 52.5 Å². The summed E-state index contributed by atoms with van der Waals surface area (Å²) >= 11 is 2.24. The van der Waals surface area contributed by atoms with E-state index in [1.54, 1.807) is 18.2 Å². The van der Waals surface area contributed by atoms with Crippen LogP contribution < -0.4 is 5.32 Å². The second kappa shape index (κ2) is 5.48. The molecule has 0 aliphatic heterocycles. The Morgan fingerprint density at radius 1 is 1.00 bits per heavy atom. The molecule has 0 saturated heterocycles. The van der Waals surface area contributed by atoms with Gasteiger partial charge in [0.05, 0.1) is 11.6 Å². The largest absolute Gasteiger partial charge is 0.507 e. The lowest BCUT2D eigenvalue weighted by atomic mass is 10.1. The van der Waals surface area contributed by atoms with Crippen molar-refractivity contribution >= 4 is 28.3 Å². The highest BCUT2D eigenvalue weighted by Gasteiger charge is 2.15. The third-order valence-electron chi connectivity index (χ3n) is 2.74. The second-order valence-electron chi connectivity index (χ2n) is 4.06. The number of rotatable bonds is 3. The number of nitrogens with one attached hydrogen (secondary N) is 1. The lowest BCUT2D eigenvalue weighted by molar-refractivity contribution is 0.434. The van der Waals surface area contributed by atoms with Crippen molar-refractivity contribution in [3.63, 3.8) is 0 Å². The first-order chi connectivity index (χ1) is 8.59. The van der Waals surface area contributed by atoms with Crippen LogP contribution in [0.4, 0.5) is 5.69 Å². The van der Waals surface area contributed by atoms with Crippen molar-refractivity contribution in [2.45, 2.75) is 13.0 Å². The molecule has 0 aromatic heterocycles. The molecule has 18 heavy (non-hydrogen) atoms. The van der Waals surface area contributed by atoms with Crippen LogP contribution in [0.1, 0.15) is 18.5 Å². The number of para-hydroxylation sites is 1. The molecular weight excluding hydrogens is 341 g/mol. The molecule has 0 fully saturated rings. The third kappa shape index (κ3) is 2.69. The van der Waals surface area contributed by atoms with Gasteiger partial charge in [-0.3, -0.25) is 0 Å². The smallest absolute Gasteiger partial charge is 0.124 e. The van der Waals surface area contributed by atoms with Crippen LogP contribution in [0.5, 0.6) is 11.5 Å². The molecule has 94 valence electrons. The van der Waals surface area contributed by atoms with Gasteiger partial charge in [0, 0.05) is 9.26 Å². The number of phenols is 2. The molecule has 2 aromatic rings. The minimum Gasteiger partial charge on any atom is -0.507 e. The van der Waals surface area contributed by atoms with Crippen LogP contribution in [-0.4, -0.2) is 10.2 Å². The zero-order valence-electron chi connectivity index (χ0n) is 9.89. The lowest BCUT2D eigenvalue weighted by Gasteiger charge is -2.18. The maximum absolute atomic E-state index is 9.81. The quantitative estimate of drug-likeness (QED) is 0.733. The Morgan fingerprint density at radius 2 is 1.61 bits per heavy atom. The van der Waals surface area contributed by atoms with Crippen LogP contribution in [0, 0.1) is 3.57 Å². The number of hydrogen-bond acceptors (Lipinski definition) is 3. The van der Waals surface area contributed by atoms with Crippen molar-refractivity contribution in [3.8, 4) is 11.5 Å². The first-order valence-electron chi connectivity index (χ1n) is 5.61. The molecule has 0 spiro atoms. The fourth-order valence-electron chi connectivity index (χ4n) is 1.87. The number of halogens is 1. The van der Waals surface area contributed by atoms with Crippen LogP contribution in [0.3, 0.4) is 0 Å². The van der Waals surface area contributed by atoms with Crippen molar-refractivity contribution in [2.75, 3.05) is 5.32 Å². The lowest BCUT2D eigenvalue weighted by Crippen LogP contribution is -2.08. The minimum absolute atomic E-state index is 0.0981. The number of phenolic OH excluding ortho intramolecular Hbond substituents is 2. The molecule has 0 saturated carbocycles. The van der Waals surface area contributed by atoms with E-state index in [1.165, 1.54) is 0 Å². The summed E-state index contributed by atoms with van der Waals surface area (Å²) in [4.78, 5) is 0. The average molecular weight is 355 g/mol. The van der Waals surface area contributed by atoms with Gasteiger partial charge in [-0.15, -0.1) is 0 Å². The molecule has 0 bridgehead atoms. The summed E-state index contributed by atoms with van der Waals surface area (Å²) in [6.45, 7) is 1.90. The van der Waals surface area contributed by atoms with Crippen LogP contribution in [0.25, 0.3) is 0 Å². The zero-order chi connectivity index (χ0) is 13.1. The SMILES string of the molecule is CC(Nc1ccccc1I)c1c(O)cccc1O. The molecule has 2 aromatic carbocycles. The van der Waals surface area contributed by atoms with Gasteiger partial charge in [-0.25, -0.2) is 0 Å². The molecule has 2 rings (SSSR count). The summed E-state index contributed by atoms with van der Waals surface area (Å²) in [5, 5.41) is 22.9. The minimum atomic E-state index is -0.179. The van der Waals surface area contributed by atoms with Crippen molar-refractivity contribution < 1.29 is 10.2 Å². The van der Waals surface area contributed by atoms with Gasteiger partial charge in [0.1, 0.15) is 11.5 Å². The van der Waals surface area contributed by atoms with E-state index in [1.807, 2.05) is 31.2 Å². The number of hydrogen-bond donors (Lipinski definition) is 3. The van der Waals surface area contributed by atoms with Crippen LogP contribution in [0.2, 0.25) is 0 Å². The van der Waals surface area contributed by atoms with Crippen LogP contribution in [0.15, 0.2) is 42.5 Å². The third-order valence-corrected chi connectivity index (χ3v) is 3.68. The monoisotopic (exact) mass is 355 g/mol. The van der Waals surface area contributed by atoms with Crippen LogP contribution >= 0.6 is 22.6 Å². The summed E-state index contributed by atoms with van der Waals surface area (Å²) in [6, 6.07) is 12.5. The van der Waals surface area contributed by atoms with E-state index in [9.17, 15) is 10.2 Å². The van der Waals surface area contributed by atoms with Gasteiger partial charge in [-0.1, -0.05) is 18.2 Å². The highest BCUT2D eigenvalue weighted by molar-refractivity contribution is 14.1. The van der Waals surface area contributed by atoms with Gasteiger partial charge in [-0.2, -0.15) is 0 Å². The van der Waals surface area contributed by atoms with E-state index < -0.39 is 0 Å². The molecular formula is C14H14INO2. The van der Waals surface area contributed by atoms with Gasteiger partial charge in [-0.05, 0) is 53.8 Å². The van der Waals surface area contributed by atoms with Gasteiger partial charge < -0.3 is 15.5 Å². The molecule has 3 nitrogen and oxygen atoms in total. The summed E-state index contributed by atoms with van der Waals surface area (Å²) < 4.78 is 1.09. The van der Waals surface area contributed by atoms with Gasteiger partial charge in [0.15, 0.2) is 0 Å². The van der Waals surface area contributed by atoms with E-state index in [4.69, 9.17) is 0 Å². The molecule has 0 aliphatic carbocycles. The van der Waals surface area contributed by atoms with Crippen molar-refractivity contribution in [1.82, 2.24) is 0 Å². The van der Waals surface area contributed by atoms with Gasteiger partial charge in [0.2, 0.25) is 0 Å². The van der Waals surface area contributed by atoms with E-state index in [-0.39, 0.29) is 17.5 Å². The van der Waals surface area contributed by atoms with E-state index >= 15 is 0 Å². The summed E-state index contributed by atoms with van der Waals surface area (Å²) in [5.41, 5.74) is 1.49. The van der Waals surface area contributed by atoms with Gasteiger partial charge >= 0.3 is 0 Å². The molecule has 1 unspecified atom stereocenters. The Bertz CT molecular complexity index is 537. The first kappa shape index (κ1) is 13.0. The predicted molar refractivity (Wildman–Crippen MR) is 81.0 cm³/mol. The Balaban J connectivity index is 2.28. The van der Waals surface area contributed by atoms with Crippen molar-refractivity contribution in [1.29, 1.82) is 0 Å². The zero-order valence-corrected chi connectivity index (χ0v) is 12.0. The maximum Gasteiger partial charge on any atom is 0.124 e. The van der Waals surface area contributed by atoms with Crippen LogP contribution in [-0.2, 0) is 0 Å². The summed E-state index contributed by atoms with van der Waals surface area (Å²) in [7, 11) is 0. The average Bonchev–Trinajstić information content (AvgIpc) is 2.32. The van der Waals surface area contributed by atoms with Gasteiger partial charge in [0.25, 0.3) is 0 Å². The summed E-state index contributed by atoms with van der Waals surface area (Å²) in [5.74, 6) is 0.196. The highest BCUT2D eigenvalue weighted by Crippen LogP contribution is 2.34. The molecule has 3 N–H and O–H groups in total. The van der Waals surface area contributed by atoms with Crippen molar-refractivity contribution in [3.05, 3.63) is 51.6 Å². The predicted octanol–water partition coefficient (Wildman–Crippen LogP) is 3.88. The number of anilines is 1. The Morgan fingerprint density at radius 3 is 2.22 bits per heavy atom. The first-order valence-corrected chi connectivity index (χ1v) is 6.69. The van der Waals surface area contributed by atoms with E-state index in [2.05, 4.69) is 27.9 Å². The molecule has 0 radical (unpaired) electrons.